The third-order valence-electron chi connectivity index (χ3n) is 5.66. The molecule has 2 saturated heterocycles. The summed E-state index contributed by atoms with van der Waals surface area (Å²) < 4.78 is 5.12. The first-order chi connectivity index (χ1) is 13.9. The number of hydrogen-bond acceptors (Lipinski definition) is 4. The number of nitrogens with zero attached hydrogens (tertiary/aromatic N) is 3. The molecule has 29 heavy (non-hydrogen) atoms. The maximum atomic E-state index is 13.4. The van der Waals surface area contributed by atoms with E-state index in [1.54, 1.807) is 35.1 Å². The quantitative estimate of drug-likeness (QED) is 0.548. The molecule has 2 aromatic rings. The third kappa shape index (κ3) is 3.38. The lowest BCUT2D eigenvalue weighted by Crippen LogP contribution is -2.67. The van der Waals surface area contributed by atoms with Gasteiger partial charge in [0.1, 0.15) is 0 Å². The maximum Gasteiger partial charge on any atom is 0.414 e. The van der Waals surface area contributed by atoms with Gasteiger partial charge in [-0.15, -0.1) is 0 Å². The highest BCUT2D eigenvalue weighted by molar-refractivity contribution is 6.31. The van der Waals surface area contributed by atoms with Gasteiger partial charge in [0, 0.05) is 30.0 Å². The van der Waals surface area contributed by atoms with Crippen molar-refractivity contribution in [3.8, 4) is 0 Å². The summed E-state index contributed by atoms with van der Waals surface area (Å²) in [6.45, 7) is 6.15. The molecule has 1 unspecified atom stereocenters. The number of ether oxygens (including phenoxy) is 1. The number of piperidine rings is 1. The van der Waals surface area contributed by atoms with Gasteiger partial charge in [0.05, 0.1) is 22.9 Å². The summed E-state index contributed by atoms with van der Waals surface area (Å²) in [7, 11) is 0. The fraction of sp³-hybridized carbons (Fsp3) is 0.318. The summed E-state index contributed by atoms with van der Waals surface area (Å²) >= 11 is 6.17. The number of rotatable bonds is 3. The van der Waals surface area contributed by atoms with Gasteiger partial charge in [-0.2, -0.15) is 0 Å². The zero-order valence-corrected chi connectivity index (χ0v) is 16.9. The first-order valence-corrected chi connectivity index (χ1v) is 9.92. The molecule has 2 aliphatic heterocycles. The van der Waals surface area contributed by atoms with Gasteiger partial charge in [0.2, 0.25) is 5.91 Å². The normalized spacial score (nSPS) is 20.3. The number of benzene rings is 1. The van der Waals surface area contributed by atoms with Crippen LogP contribution in [0, 0.1) is 5.41 Å². The molecule has 1 aromatic carbocycles. The molecule has 150 valence electrons. The van der Waals surface area contributed by atoms with Gasteiger partial charge < -0.3 is 14.5 Å². The number of anilines is 1. The number of pyridine rings is 1. The molecule has 0 radical (unpaired) electrons. The fourth-order valence-electron chi connectivity index (χ4n) is 4.29. The number of allylic oxidation sites excluding steroid dienone is 1. The number of amides is 2. The van der Waals surface area contributed by atoms with E-state index in [0.29, 0.717) is 36.7 Å². The van der Waals surface area contributed by atoms with Crippen LogP contribution in [0.3, 0.4) is 0 Å². The van der Waals surface area contributed by atoms with E-state index in [2.05, 4.69) is 11.6 Å². The highest BCUT2D eigenvalue weighted by Gasteiger charge is 2.62. The van der Waals surface area contributed by atoms with Crippen molar-refractivity contribution in [1.29, 1.82) is 0 Å². The Bertz CT molecular complexity index is 955. The maximum absolute atomic E-state index is 13.4. The first-order valence-electron chi connectivity index (χ1n) is 9.55. The SMILES string of the molecule is C=C(C)OC(=O)N1CCC2(CC1)C(=O)N(c1cccc(Cl)c1)C2c1ccccn1. The Morgan fingerprint density at radius 1 is 1.24 bits per heavy atom. The van der Waals surface area contributed by atoms with E-state index in [1.165, 1.54) is 0 Å². The number of hydrogen-bond donors (Lipinski definition) is 0. The Balaban J connectivity index is 1.63. The van der Waals surface area contributed by atoms with Gasteiger partial charge in [-0.25, -0.2) is 4.79 Å². The monoisotopic (exact) mass is 411 g/mol. The molecule has 4 rings (SSSR count). The predicted molar refractivity (Wildman–Crippen MR) is 110 cm³/mol. The number of β-lactam (4-membered cyclic amide) rings is 1. The van der Waals surface area contributed by atoms with E-state index in [9.17, 15) is 9.59 Å². The molecule has 2 aliphatic rings. The fourth-order valence-corrected chi connectivity index (χ4v) is 4.47. The molecule has 0 saturated carbocycles. The molecular formula is C22H22ClN3O3. The Hall–Kier alpha value is -2.86. The summed E-state index contributed by atoms with van der Waals surface area (Å²) in [6.07, 6.45) is 2.42. The largest absolute Gasteiger partial charge is 0.416 e. The van der Waals surface area contributed by atoms with Crippen LogP contribution in [0.25, 0.3) is 0 Å². The zero-order valence-electron chi connectivity index (χ0n) is 16.2. The van der Waals surface area contributed by atoms with Crippen molar-refractivity contribution >= 4 is 29.3 Å². The number of carbonyl (C=O) groups is 2. The first kappa shape index (κ1) is 19.5. The highest BCUT2D eigenvalue weighted by atomic mass is 35.5. The van der Waals surface area contributed by atoms with Crippen molar-refractivity contribution in [3.63, 3.8) is 0 Å². The van der Waals surface area contributed by atoms with Crippen LogP contribution in [0.4, 0.5) is 10.5 Å². The van der Waals surface area contributed by atoms with E-state index in [1.807, 2.05) is 30.3 Å². The van der Waals surface area contributed by atoms with Gasteiger partial charge in [-0.1, -0.05) is 30.3 Å². The molecular weight excluding hydrogens is 390 g/mol. The van der Waals surface area contributed by atoms with E-state index in [0.717, 1.165) is 11.4 Å². The summed E-state index contributed by atoms with van der Waals surface area (Å²) in [5, 5.41) is 0.577. The van der Waals surface area contributed by atoms with Crippen molar-refractivity contribution in [2.45, 2.75) is 25.8 Å². The molecule has 3 heterocycles. The van der Waals surface area contributed by atoms with Gasteiger partial charge in [0.15, 0.2) is 0 Å². The van der Waals surface area contributed by atoms with Crippen LogP contribution < -0.4 is 4.90 Å². The van der Waals surface area contributed by atoms with E-state index in [4.69, 9.17) is 16.3 Å². The number of aromatic nitrogens is 1. The minimum atomic E-state index is -0.587. The van der Waals surface area contributed by atoms with Gasteiger partial charge in [0.25, 0.3) is 0 Å². The average molecular weight is 412 g/mol. The molecule has 6 nitrogen and oxygen atoms in total. The Morgan fingerprint density at radius 2 is 2.00 bits per heavy atom. The molecule has 0 bridgehead atoms. The van der Waals surface area contributed by atoms with Gasteiger partial charge in [-0.05, 0) is 50.1 Å². The van der Waals surface area contributed by atoms with Crippen molar-refractivity contribution < 1.29 is 14.3 Å². The van der Waals surface area contributed by atoms with Crippen LogP contribution in [-0.2, 0) is 9.53 Å². The standard InChI is InChI=1S/C22H22ClN3O3/c1-15(2)29-21(28)25-12-9-22(10-13-25)19(18-8-3-4-11-24-18)26(20(22)27)17-7-5-6-16(23)14-17/h3-8,11,14,19H,1,9-10,12-13H2,2H3. The third-order valence-corrected chi connectivity index (χ3v) is 5.89. The van der Waals surface area contributed by atoms with Crippen molar-refractivity contribution in [2.75, 3.05) is 18.0 Å². The van der Waals surface area contributed by atoms with E-state index >= 15 is 0 Å². The lowest BCUT2D eigenvalue weighted by Gasteiger charge is -2.58. The van der Waals surface area contributed by atoms with Crippen LogP contribution >= 0.6 is 11.6 Å². The minimum Gasteiger partial charge on any atom is -0.416 e. The Labute approximate surface area is 174 Å². The van der Waals surface area contributed by atoms with Crippen LogP contribution in [0.5, 0.6) is 0 Å². The van der Waals surface area contributed by atoms with Gasteiger partial charge >= 0.3 is 6.09 Å². The molecule has 2 amide bonds. The Morgan fingerprint density at radius 3 is 2.62 bits per heavy atom. The number of likely N-dealkylation sites (tertiary alicyclic amines) is 1. The van der Waals surface area contributed by atoms with Gasteiger partial charge in [-0.3, -0.25) is 9.78 Å². The lowest BCUT2D eigenvalue weighted by atomic mass is 9.63. The smallest absolute Gasteiger partial charge is 0.414 e. The average Bonchev–Trinajstić information content (AvgIpc) is 2.71. The highest BCUT2D eigenvalue weighted by Crippen LogP contribution is 2.57. The lowest BCUT2D eigenvalue weighted by molar-refractivity contribution is -0.144. The zero-order chi connectivity index (χ0) is 20.6. The number of halogens is 1. The summed E-state index contributed by atoms with van der Waals surface area (Å²) in [5.41, 5.74) is 1.01. The van der Waals surface area contributed by atoms with Crippen molar-refractivity contribution in [2.24, 2.45) is 5.41 Å². The molecule has 1 atom stereocenters. The van der Waals surface area contributed by atoms with Crippen LogP contribution in [0.15, 0.2) is 61.0 Å². The summed E-state index contributed by atoms with van der Waals surface area (Å²) in [6, 6.07) is 12.8. The van der Waals surface area contributed by atoms with Crippen molar-refractivity contribution in [1.82, 2.24) is 9.88 Å². The van der Waals surface area contributed by atoms with Crippen molar-refractivity contribution in [3.05, 3.63) is 71.7 Å². The van der Waals surface area contributed by atoms with Crippen LogP contribution in [0.1, 0.15) is 31.5 Å². The number of carbonyl (C=O) groups excluding carboxylic acids is 2. The predicted octanol–water partition coefficient (Wildman–Crippen LogP) is 4.58. The molecule has 0 N–H and O–H groups in total. The molecule has 7 heteroatoms. The topological polar surface area (TPSA) is 62.7 Å². The summed E-state index contributed by atoms with van der Waals surface area (Å²) in [4.78, 5) is 33.5. The Kier molecular flexibility index (Phi) is 5.04. The molecule has 1 aromatic heterocycles. The van der Waals surface area contributed by atoms with E-state index in [-0.39, 0.29) is 11.9 Å². The minimum absolute atomic E-state index is 0.0448. The van der Waals surface area contributed by atoms with Crippen LogP contribution in [-0.4, -0.2) is 35.0 Å². The van der Waals surface area contributed by atoms with Crippen LogP contribution in [0.2, 0.25) is 5.02 Å². The molecule has 2 fully saturated rings. The molecule has 0 aliphatic carbocycles. The van der Waals surface area contributed by atoms with E-state index < -0.39 is 11.5 Å². The second kappa shape index (κ2) is 7.52. The second-order valence-electron chi connectivity index (χ2n) is 7.53. The second-order valence-corrected chi connectivity index (χ2v) is 7.96. The summed E-state index contributed by atoms with van der Waals surface area (Å²) in [5.74, 6) is 0.400. The molecule has 1 spiro atoms.